The summed E-state index contributed by atoms with van der Waals surface area (Å²) in [5.74, 6) is -0.0625. The van der Waals surface area contributed by atoms with Crippen molar-refractivity contribution in [3.63, 3.8) is 0 Å². The third-order valence-corrected chi connectivity index (χ3v) is 8.65. The molecule has 1 N–H and O–H groups in total. The Morgan fingerprint density at radius 2 is 1.63 bits per heavy atom. The fourth-order valence-corrected chi connectivity index (χ4v) is 7.27. The summed E-state index contributed by atoms with van der Waals surface area (Å²) in [6.45, 7) is 2.85. The average Bonchev–Trinajstić information content (AvgIpc) is 3.23. The van der Waals surface area contributed by atoms with Gasteiger partial charge < -0.3 is 5.11 Å². The number of ketones is 1. The van der Waals surface area contributed by atoms with Gasteiger partial charge in [0.05, 0.1) is 5.76 Å². The van der Waals surface area contributed by atoms with Crippen LogP contribution < -0.4 is 0 Å². The molecule has 0 saturated heterocycles. The molecule has 0 aliphatic heterocycles. The number of carbonyl (C=O) groups is 1. The molecule has 38 heavy (non-hydrogen) atoms. The first-order valence-electron chi connectivity index (χ1n) is 12.0. The molecule has 1 radical (unpaired) electrons. The Morgan fingerprint density at radius 1 is 0.895 bits per heavy atom. The summed E-state index contributed by atoms with van der Waals surface area (Å²) in [4.78, 5) is 14.9. The summed E-state index contributed by atoms with van der Waals surface area (Å²) in [5.41, 5.74) is 4.58. The molecule has 6 heteroatoms. The Balaban J connectivity index is 0.000000329. The van der Waals surface area contributed by atoms with Gasteiger partial charge in [0.25, 0.3) is 0 Å². The zero-order valence-electron chi connectivity index (χ0n) is 20.7. The topological polar surface area (TPSA) is 55.1 Å². The van der Waals surface area contributed by atoms with Crippen LogP contribution in [0.4, 0.5) is 0 Å². The Kier molecular flexibility index (Phi) is 7.34. The Morgan fingerprint density at radius 3 is 2.37 bits per heavy atom. The van der Waals surface area contributed by atoms with Crippen LogP contribution in [0.3, 0.4) is 0 Å². The van der Waals surface area contributed by atoms with E-state index in [2.05, 4.69) is 95.6 Å². The molecule has 0 spiro atoms. The van der Waals surface area contributed by atoms with E-state index in [1.54, 1.807) is 0 Å². The van der Waals surface area contributed by atoms with Crippen LogP contribution in [-0.4, -0.2) is 34.9 Å². The molecule has 7 aromatic rings. The molecular weight excluding hydrogens is 716 g/mol. The van der Waals surface area contributed by atoms with E-state index in [0.29, 0.717) is 14.5 Å². The second kappa shape index (κ2) is 10.7. The number of pyridine rings is 1. The third-order valence-electron chi connectivity index (χ3n) is 6.30. The zero-order chi connectivity index (χ0) is 25.5. The van der Waals surface area contributed by atoms with Crippen molar-refractivity contribution in [3.8, 4) is 5.69 Å². The van der Waals surface area contributed by atoms with Gasteiger partial charge in [-0.25, -0.2) is 0 Å². The first-order valence-corrected chi connectivity index (χ1v) is 13.7. The van der Waals surface area contributed by atoms with Gasteiger partial charge in [-0.3, -0.25) is 4.79 Å². The van der Waals surface area contributed by atoms with Gasteiger partial charge in [-0.1, -0.05) is 0 Å². The van der Waals surface area contributed by atoms with E-state index in [0.717, 1.165) is 27.5 Å². The number of rotatable bonds is 2. The normalized spacial score (nSPS) is 11.6. The fraction of sp³-hybridized carbons (Fsp3) is 0.0625. The van der Waals surface area contributed by atoms with E-state index in [1.165, 1.54) is 50.1 Å². The quantitative estimate of drug-likeness (QED) is 0.0865. The van der Waals surface area contributed by atoms with Gasteiger partial charge >= 0.3 is 179 Å². The third kappa shape index (κ3) is 4.62. The van der Waals surface area contributed by atoms with Crippen LogP contribution in [0.25, 0.3) is 57.7 Å². The molecule has 189 valence electrons. The molecule has 4 aromatic carbocycles. The number of fused-ring (bicyclic) bond motifs is 3. The second-order valence-electron chi connectivity index (χ2n) is 8.97. The number of aliphatic hydroxyl groups excluding tert-OH is 1. The fourth-order valence-electron chi connectivity index (χ4n) is 4.91. The van der Waals surface area contributed by atoms with Crippen molar-refractivity contribution in [2.45, 2.75) is 13.8 Å². The van der Waals surface area contributed by atoms with Crippen LogP contribution in [0.2, 0.25) is 0 Å². The van der Waals surface area contributed by atoms with Crippen LogP contribution >= 0.6 is 0 Å². The van der Waals surface area contributed by atoms with E-state index in [4.69, 9.17) is 10.1 Å². The van der Waals surface area contributed by atoms with Crippen molar-refractivity contribution in [1.82, 2.24) is 9.55 Å². The van der Waals surface area contributed by atoms with E-state index in [9.17, 15) is 4.79 Å². The van der Waals surface area contributed by atoms with Gasteiger partial charge in [0, 0.05) is 26.2 Å². The van der Waals surface area contributed by atoms with Gasteiger partial charge in [-0.2, -0.15) is 0 Å². The number of benzene rings is 4. The molecule has 0 aliphatic rings. The standard InChI is InChI=1S/C27H15N2Se.C5H8O2.Ir/c1-2-9-19(10-3-1)29-21-11-6-12-23-25(21)26-24(30-23)13-14-28-27(26)20-15-17-7-4-5-8-18(17)16-22(20)29;1-4(6)3-5(2)7;/h1-14,16H;3,6H,1-2H3;/q-1;;/b;4-3-;. The zero-order valence-corrected chi connectivity index (χ0v) is 24.8. The number of aromatic nitrogens is 2. The molecule has 0 atom stereocenters. The molecule has 4 nitrogen and oxygen atoms in total. The summed E-state index contributed by atoms with van der Waals surface area (Å²) in [7, 11) is 0. The Labute approximate surface area is 239 Å². The molecule has 7 rings (SSSR count). The van der Waals surface area contributed by atoms with Gasteiger partial charge in [0.2, 0.25) is 0 Å². The Bertz CT molecular complexity index is 1980. The Hall–Kier alpha value is -3.53. The van der Waals surface area contributed by atoms with E-state index < -0.39 is 0 Å². The number of nitrogens with zero attached hydrogens (tertiary/aromatic N) is 2. The number of carbonyl (C=O) groups excluding carboxylic acids is 1. The minimum atomic E-state index is -0.125. The van der Waals surface area contributed by atoms with Crippen LogP contribution in [0.15, 0.2) is 103 Å². The van der Waals surface area contributed by atoms with E-state index in [-0.39, 0.29) is 31.6 Å². The number of aliphatic hydroxyl groups is 1. The van der Waals surface area contributed by atoms with Crippen molar-refractivity contribution in [1.29, 1.82) is 0 Å². The van der Waals surface area contributed by atoms with Gasteiger partial charge in [0.1, 0.15) is 0 Å². The minimum absolute atomic E-state index is 0. The molecular formula is C32H23IrN2O2Se-. The predicted octanol–water partition coefficient (Wildman–Crippen LogP) is 7.53. The van der Waals surface area contributed by atoms with Gasteiger partial charge in [-0.15, -0.1) is 0 Å². The molecule has 3 aromatic heterocycles. The van der Waals surface area contributed by atoms with Crippen LogP contribution in [-0.2, 0) is 24.9 Å². The SMILES string of the molecule is CC(=O)/C=C(/C)O.[Ir].[c-]1c2ccccc2cc2c1c1nccc3[se]c4cccc(c4c31)n2-c1ccccc1. The molecule has 0 bridgehead atoms. The van der Waals surface area contributed by atoms with Crippen molar-refractivity contribution in [3.05, 3.63) is 109 Å². The van der Waals surface area contributed by atoms with Crippen LogP contribution in [0, 0.1) is 6.07 Å². The van der Waals surface area contributed by atoms with Crippen molar-refractivity contribution in [2.75, 3.05) is 0 Å². The van der Waals surface area contributed by atoms with Crippen LogP contribution in [0.1, 0.15) is 13.8 Å². The first kappa shape index (κ1) is 26.1. The monoisotopic (exact) mass is 740 g/mol. The summed E-state index contributed by atoms with van der Waals surface area (Å²) in [6.07, 6.45) is 3.13. The molecule has 0 aliphatic carbocycles. The van der Waals surface area contributed by atoms with Gasteiger partial charge in [0.15, 0.2) is 5.78 Å². The summed E-state index contributed by atoms with van der Waals surface area (Å²) in [6, 6.07) is 34.1. The summed E-state index contributed by atoms with van der Waals surface area (Å²) >= 11 is 0.301. The van der Waals surface area contributed by atoms with E-state index in [1.807, 2.05) is 6.20 Å². The first-order chi connectivity index (χ1) is 18.0. The molecule has 3 heterocycles. The van der Waals surface area contributed by atoms with E-state index >= 15 is 0 Å². The average molecular weight is 739 g/mol. The second-order valence-corrected chi connectivity index (χ2v) is 11.2. The molecule has 0 unspecified atom stereocenters. The maximum atomic E-state index is 10.0. The number of para-hydroxylation sites is 1. The van der Waals surface area contributed by atoms with Gasteiger partial charge in [-0.05, 0) is 13.8 Å². The molecule has 0 amide bonds. The summed E-state index contributed by atoms with van der Waals surface area (Å²) in [5, 5.41) is 14.4. The summed E-state index contributed by atoms with van der Waals surface area (Å²) < 4.78 is 5.24. The number of hydrogen-bond acceptors (Lipinski definition) is 3. The predicted molar refractivity (Wildman–Crippen MR) is 154 cm³/mol. The maximum absolute atomic E-state index is 10.0. The van der Waals surface area contributed by atoms with Crippen molar-refractivity contribution >= 4 is 72.3 Å². The molecule has 0 fully saturated rings. The number of hydrogen-bond donors (Lipinski definition) is 1. The molecule has 0 saturated carbocycles. The van der Waals surface area contributed by atoms with Crippen molar-refractivity contribution < 1.29 is 30.0 Å². The van der Waals surface area contributed by atoms with Crippen LogP contribution in [0.5, 0.6) is 0 Å². The number of allylic oxidation sites excluding steroid dienone is 2. The van der Waals surface area contributed by atoms with Crippen molar-refractivity contribution in [2.24, 2.45) is 0 Å².